The maximum Gasteiger partial charge on any atom is 0.307 e. The summed E-state index contributed by atoms with van der Waals surface area (Å²) in [5.41, 5.74) is 0.875. The zero-order valence-corrected chi connectivity index (χ0v) is 14.8. The lowest BCUT2D eigenvalue weighted by Gasteiger charge is -2.07. The van der Waals surface area contributed by atoms with Gasteiger partial charge in [0, 0.05) is 5.75 Å². The summed E-state index contributed by atoms with van der Waals surface area (Å²) < 4.78 is 1.80. The molecule has 0 fully saturated rings. The van der Waals surface area contributed by atoms with Gasteiger partial charge in [-0.25, -0.2) is 4.98 Å². The van der Waals surface area contributed by atoms with Crippen molar-refractivity contribution in [2.45, 2.75) is 37.4 Å². The van der Waals surface area contributed by atoms with Crippen LogP contribution in [0.25, 0.3) is 10.2 Å². The van der Waals surface area contributed by atoms with E-state index < -0.39 is 17.9 Å². The number of benzene rings is 1. The van der Waals surface area contributed by atoms with E-state index in [1.54, 1.807) is 0 Å². The van der Waals surface area contributed by atoms with Crippen molar-refractivity contribution in [1.29, 1.82) is 0 Å². The topological polar surface area (TPSA) is 87.5 Å². The molecule has 0 saturated carbocycles. The summed E-state index contributed by atoms with van der Waals surface area (Å²) in [7, 11) is 0. The predicted molar refractivity (Wildman–Crippen MR) is 94.3 cm³/mol. The molecule has 1 heterocycles. The van der Waals surface area contributed by atoms with Crippen LogP contribution < -0.4 is 0 Å². The van der Waals surface area contributed by atoms with Crippen LogP contribution in [0.5, 0.6) is 0 Å². The Kier molecular flexibility index (Phi) is 8.65. The van der Waals surface area contributed by atoms with Gasteiger partial charge in [0.15, 0.2) is 4.34 Å². The van der Waals surface area contributed by atoms with Crippen molar-refractivity contribution >= 4 is 45.3 Å². The fraction of sp³-hybridized carbons (Fsp3) is 0.438. The fourth-order valence-electron chi connectivity index (χ4n) is 1.51. The van der Waals surface area contributed by atoms with E-state index in [2.05, 4.69) is 18.8 Å². The Balaban J connectivity index is 0.000000593. The molecule has 1 unspecified atom stereocenters. The molecule has 0 saturated heterocycles. The molecule has 1 aromatic heterocycles. The Morgan fingerprint density at radius 2 is 1.87 bits per heavy atom. The highest BCUT2D eigenvalue weighted by Crippen LogP contribution is 2.30. The summed E-state index contributed by atoms with van der Waals surface area (Å²) in [6.07, 6.45) is 2.27. The highest BCUT2D eigenvalue weighted by Gasteiger charge is 2.21. The van der Waals surface area contributed by atoms with Gasteiger partial charge in [0.25, 0.3) is 0 Å². The number of rotatable bonds is 7. The molecule has 7 heteroatoms. The number of thioether (sulfide) groups is 1. The summed E-state index contributed by atoms with van der Waals surface area (Å²) >= 11 is 2.77. The standard InChI is InChI=1S/C12H11NO4S2.C4H10/c14-10(15)5-7(11(16)17)6-18-12-13-8-3-1-2-4-9(8)19-12;1-3-4-2/h1-4,7H,5-6H2,(H,14,15)(H,16,17);3-4H2,1-2H3. The number of nitrogens with zero attached hydrogens (tertiary/aromatic N) is 1. The first-order valence-electron chi connectivity index (χ1n) is 7.40. The highest BCUT2D eigenvalue weighted by atomic mass is 32.2. The molecule has 0 aliphatic heterocycles. The number of carboxylic acid groups (broad SMARTS) is 2. The van der Waals surface area contributed by atoms with Crippen LogP contribution in [0.15, 0.2) is 28.6 Å². The van der Waals surface area contributed by atoms with Gasteiger partial charge in [-0.2, -0.15) is 0 Å². The first kappa shape index (κ1) is 19.4. The van der Waals surface area contributed by atoms with Gasteiger partial charge in [0.1, 0.15) is 0 Å². The van der Waals surface area contributed by atoms with E-state index in [0.29, 0.717) is 0 Å². The number of hydrogen-bond acceptors (Lipinski definition) is 5. The van der Waals surface area contributed by atoms with E-state index in [9.17, 15) is 9.59 Å². The highest BCUT2D eigenvalue weighted by molar-refractivity contribution is 8.01. The zero-order valence-electron chi connectivity index (χ0n) is 13.2. The van der Waals surface area contributed by atoms with Crippen molar-refractivity contribution in [3.8, 4) is 0 Å². The molecule has 126 valence electrons. The van der Waals surface area contributed by atoms with Gasteiger partial charge >= 0.3 is 11.9 Å². The van der Waals surface area contributed by atoms with E-state index in [4.69, 9.17) is 10.2 Å². The van der Waals surface area contributed by atoms with E-state index in [1.165, 1.54) is 35.9 Å². The third-order valence-corrected chi connectivity index (χ3v) is 5.29. The number of hydrogen-bond donors (Lipinski definition) is 2. The van der Waals surface area contributed by atoms with Crippen molar-refractivity contribution in [3.05, 3.63) is 24.3 Å². The first-order valence-corrected chi connectivity index (χ1v) is 9.21. The summed E-state index contributed by atoms with van der Waals surface area (Å²) in [5.74, 6) is -2.87. The second kappa shape index (κ2) is 10.2. The lowest BCUT2D eigenvalue weighted by molar-refractivity contribution is -0.147. The maximum atomic E-state index is 10.9. The van der Waals surface area contributed by atoms with Crippen LogP contribution in [0.1, 0.15) is 33.1 Å². The molecule has 5 nitrogen and oxygen atoms in total. The molecule has 2 rings (SSSR count). The molecule has 1 atom stereocenters. The fourth-order valence-corrected chi connectivity index (χ4v) is 3.69. The SMILES string of the molecule is CCCC.O=C(O)CC(CSc1nc2ccccc2s1)C(=O)O. The molecule has 2 N–H and O–H groups in total. The summed E-state index contributed by atoms with van der Waals surface area (Å²) in [5, 5.41) is 17.6. The minimum absolute atomic E-state index is 0.210. The number of carbonyl (C=O) groups is 2. The number of fused-ring (bicyclic) bond motifs is 1. The molecular weight excluding hydrogens is 334 g/mol. The van der Waals surface area contributed by atoms with E-state index >= 15 is 0 Å². The van der Waals surface area contributed by atoms with Crippen LogP contribution in [0.2, 0.25) is 0 Å². The number of aliphatic carboxylic acids is 2. The molecule has 0 amide bonds. The normalized spacial score (nSPS) is 11.6. The third kappa shape index (κ3) is 7.00. The zero-order chi connectivity index (χ0) is 17.2. The van der Waals surface area contributed by atoms with Gasteiger partial charge in [0.2, 0.25) is 0 Å². The number of unbranched alkanes of at least 4 members (excludes halogenated alkanes) is 1. The average Bonchev–Trinajstić information content (AvgIpc) is 2.94. The van der Waals surface area contributed by atoms with Crippen LogP contribution in [-0.2, 0) is 9.59 Å². The molecule has 23 heavy (non-hydrogen) atoms. The van der Waals surface area contributed by atoms with Crippen molar-refractivity contribution in [2.75, 3.05) is 5.75 Å². The summed E-state index contributed by atoms with van der Waals surface area (Å²) in [6.45, 7) is 4.36. The average molecular weight is 355 g/mol. The van der Waals surface area contributed by atoms with Crippen molar-refractivity contribution in [3.63, 3.8) is 0 Å². The van der Waals surface area contributed by atoms with Crippen LogP contribution in [0.4, 0.5) is 0 Å². The smallest absolute Gasteiger partial charge is 0.307 e. The van der Waals surface area contributed by atoms with Crippen molar-refractivity contribution in [2.24, 2.45) is 5.92 Å². The molecule has 0 radical (unpaired) electrons. The van der Waals surface area contributed by atoms with Crippen LogP contribution >= 0.6 is 23.1 Å². The molecule has 0 bridgehead atoms. The lowest BCUT2D eigenvalue weighted by atomic mass is 10.1. The Labute approximate surface area is 143 Å². The van der Waals surface area contributed by atoms with Crippen LogP contribution in [-0.4, -0.2) is 32.9 Å². The molecular formula is C16H21NO4S2. The van der Waals surface area contributed by atoms with Gasteiger partial charge in [0.05, 0.1) is 22.6 Å². The number of para-hydroxylation sites is 1. The summed E-state index contributed by atoms with van der Waals surface area (Å²) in [4.78, 5) is 25.9. The number of thiazole rings is 1. The molecule has 0 spiro atoms. The van der Waals surface area contributed by atoms with Crippen molar-refractivity contribution in [1.82, 2.24) is 4.98 Å². The Morgan fingerprint density at radius 3 is 2.39 bits per heavy atom. The maximum absolute atomic E-state index is 10.9. The second-order valence-corrected chi connectivity index (χ2v) is 7.19. The lowest BCUT2D eigenvalue weighted by Crippen LogP contribution is -2.19. The van der Waals surface area contributed by atoms with E-state index in [1.807, 2.05) is 24.3 Å². The van der Waals surface area contributed by atoms with Crippen molar-refractivity contribution < 1.29 is 19.8 Å². The van der Waals surface area contributed by atoms with Gasteiger partial charge in [-0.1, -0.05) is 50.6 Å². The number of carboxylic acids is 2. The monoisotopic (exact) mass is 355 g/mol. The molecule has 2 aromatic rings. The third-order valence-electron chi connectivity index (χ3n) is 2.95. The largest absolute Gasteiger partial charge is 0.481 e. The molecule has 0 aliphatic rings. The Morgan fingerprint density at radius 1 is 1.22 bits per heavy atom. The van der Waals surface area contributed by atoms with Crippen LogP contribution in [0.3, 0.4) is 0 Å². The van der Waals surface area contributed by atoms with Crippen LogP contribution in [0, 0.1) is 5.92 Å². The minimum atomic E-state index is -1.10. The minimum Gasteiger partial charge on any atom is -0.481 e. The van der Waals surface area contributed by atoms with E-state index in [-0.39, 0.29) is 12.2 Å². The summed E-state index contributed by atoms with van der Waals surface area (Å²) in [6, 6.07) is 7.64. The predicted octanol–water partition coefficient (Wildman–Crippen LogP) is 4.37. The molecule has 1 aromatic carbocycles. The second-order valence-electron chi connectivity index (χ2n) is 4.89. The van der Waals surface area contributed by atoms with Gasteiger partial charge in [-0.15, -0.1) is 11.3 Å². The first-order chi connectivity index (χ1) is 11.0. The number of aromatic nitrogens is 1. The quantitative estimate of drug-likeness (QED) is 0.717. The van der Waals surface area contributed by atoms with Gasteiger partial charge in [-0.3, -0.25) is 9.59 Å². The van der Waals surface area contributed by atoms with Gasteiger partial charge in [-0.05, 0) is 12.1 Å². The van der Waals surface area contributed by atoms with Gasteiger partial charge < -0.3 is 10.2 Å². The Hall–Kier alpha value is -1.60. The van der Waals surface area contributed by atoms with E-state index in [0.717, 1.165) is 14.6 Å². The molecule has 0 aliphatic carbocycles. The Bertz CT molecular complexity index is 607.